The third-order valence-electron chi connectivity index (χ3n) is 5.64. The lowest BCUT2D eigenvalue weighted by atomic mass is 9.91. The van der Waals surface area contributed by atoms with Gasteiger partial charge in [-0.2, -0.15) is 0 Å². The average Bonchev–Trinajstić information content (AvgIpc) is 3.21. The topological polar surface area (TPSA) is 62.3 Å². The van der Waals surface area contributed by atoms with Crippen LogP contribution >= 0.6 is 0 Å². The molecule has 0 bridgehead atoms. The SMILES string of the molecule is CC(CN1C2C(=O)N(C(C)C)C(=O)C21)C1CC2NC2C1. The van der Waals surface area contributed by atoms with Crippen molar-refractivity contribution in [1.29, 1.82) is 0 Å². The number of amides is 2. The van der Waals surface area contributed by atoms with Crippen LogP contribution in [0.2, 0.25) is 0 Å². The quantitative estimate of drug-likeness (QED) is 0.589. The number of rotatable bonds is 4. The van der Waals surface area contributed by atoms with Gasteiger partial charge in [-0.25, -0.2) is 0 Å². The van der Waals surface area contributed by atoms with Crippen molar-refractivity contribution in [3.05, 3.63) is 0 Å². The number of imide groups is 1. The van der Waals surface area contributed by atoms with Gasteiger partial charge in [0, 0.05) is 24.7 Å². The van der Waals surface area contributed by atoms with E-state index in [1.165, 1.54) is 17.7 Å². The number of hydrogen-bond donors (Lipinski definition) is 1. The molecule has 5 atom stereocenters. The van der Waals surface area contributed by atoms with Gasteiger partial charge in [-0.15, -0.1) is 0 Å². The molecule has 3 heterocycles. The van der Waals surface area contributed by atoms with Crippen LogP contribution in [0.3, 0.4) is 0 Å². The molecule has 0 aromatic rings. The van der Waals surface area contributed by atoms with E-state index >= 15 is 0 Å². The Balaban J connectivity index is 1.36. The van der Waals surface area contributed by atoms with Crippen molar-refractivity contribution >= 4 is 11.8 Å². The summed E-state index contributed by atoms with van der Waals surface area (Å²) in [6, 6.07) is 1.24. The number of nitrogens with zero attached hydrogens (tertiary/aromatic N) is 2. The Morgan fingerprint density at radius 2 is 1.65 bits per heavy atom. The summed E-state index contributed by atoms with van der Waals surface area (Å²) < 4.78 is 0. The molecule has 4 fully saturated rings. The van der Waals surface area contributed by atoms with E-state index in [2.05, 4.69) is 17.1 Å². The zero-order chi connectivity index (χ0) is 14.2. The summed E-state index contributed by atoms with van der Waals surface area (Å²) in [6.45, 7) is 7.00. The summed E-state index contributed by atoms with van der Waals surface area (Å²) in [7, 11) is 0. The van der Waals surface area contributed by atoms with Crippen LogP contribution in [0.4, 0.5) is 0 Å². The van der Waals surface area contributed by atoms with Gasteiger partial charge in [0.2, 0.25) is 11.8 Å². The Morgan fingerprint density at radius 3 is 2.15 bits per heavy atom. The van der Waals surface area contributed by atoms with Gasteiger partial charge in [-0.1, -0.05) is 6.92 Å². The van der Waals surface area contributed by atoms with Crippen LogP contribution in [0.25, 0.3) is 0 Å². The summed E-state index contributed by atoms with van der Waals surface area (Å²) in [5.41, 5.74) is 0. The third kappa shape index (κ3) is 1.69. The molecule has 20 heavy (non-hydrogen) atoms. The monoisotopic (exact) mass is 277 g/mol. The average molecular weight is 277 g/mol. The minimum Gasteiger partial charge on any atom is -0.308 e. The minimum absolute atomic E-state index is 0.00454. The number of nitrogens with one attached hydrogen (secondary N) is 1. The van der Waals surface area contributed by atoms with Crippen molar-refractivity contribution in [3.63, 3.8) is 0 Å². The highest BCUT2D eigenvalue weighted by Gasteiger charge is 2.66. The van der Waals surface area contributed by atoms with Gasteiger partial charge in [0.25, 0.3) is 0 Å². The van der Waals surface area contributed by atoms with Crippen LogP contribution < -0.4 is 5.32 Å². The maximum atomic E-state index is 12.2. The van der Waals surface area contributed by atoms with Crippen LogP contribution in [-0.4, -0.2) is 58.4 Å². The number of likely N-dealkylation sites (tertiary alicyclic amines) is 1. The molecule has 5 heteroatoms. The number of piperazine rings is 1. The molecule has 5 unspecified atom stereocenters. The van der Waals surface area contributed by atoms with Crippen LogP contribution in [0.5, 0.6) is 0 Å². The highest BCUT2D eigenvalue weighted by atomic mass is 16.2. The second-order valence-corrected chi connectivity index (χ2v) is 7.32. The van der Waals surface area contributed by atoms with Gasteiger partial charge in [0.05, 0.1) is 0 Å². The van der Waals surface area contributed by atoms with Crippen LogP contribution in [0.15, 0.2) is 0 Å². The normalized spacial score (nSPS) is 46.7. The number of piperidine rings is 1. The molecule has 1 aliphatic carbocycles. The van der Waals surface area contributed by atoms with E-state index in [1.807, 2.05) is 13.8 Å². The maximum absolute atomic E-state index is 12.2. The molecule has 3 saturated heterocycles. The molecule has 4 rings (SSSR count). The fraction of sp³-hybridized carbons (Fsp3) is 0.867. The summed E-state index contributed by atoms with van der Waals surface area (Å²) in [4.78, 5) is 28.0. The maximum Gasteiger partial charge on any atom is 0.249 e. The van der Waals surface area contributed by atoms with Gasteiger partial charge < -0.3 is 5.32 Å². The molecule has 110 valence electrons. The number of carbonyl (C=O) groups excluding carboxylic acids is 2. The van der Waals surface area contributed by atoms with Gasteiger partial charge in [-0.3, -0.25) is 19.4 Å². The van der Waals surface area contributed by atoms with Gasteiger partial charge in [0.1, 0.15) is 12.1 Å². The summed E-state index contributed by atoms with van der Waals surface area (Å²) >= 11 is 0. The van der Waals surface area contributed by atoms with Crippen LogP contribution in [0.1, 0.15) is 33.6 Å². The number of carbonyl (C=O) groups is 2. The first-order valence-electron chi connectivity index (χ1n) is 7.87. The molecule has 3 aliphatic heterocycles. The molecule has 1 saturated carbocycles. The summed E-state index contributed by atoms with van der Waals surface area (Å²) in [6.07, 6.45) is 2.55. The molecule has 5 nitrogen and oxygen atoms in total. The predicted molar refractivity (Wildman–Crippen MR) is 73.9 cm³/mol. The second kappa shape index (κ2) is 4.04. The van der Waals surface area contributed by atoms with Gasteiger partial charge >= 0.3 is 0 Å². The Labute approximate surface area is 119 Å². The van der Waals surface area contributed by atoms with Crippen LogP contribution in [0, 0.1) is 11.8 Å². The largest absolute Gasteiger partial charge is 0.308 e. The van der Waals surface area contributed by atoms with Crippen molar-refractivity contribution in [1.82, 2.24) is 15.1 Å². The third-order valence-corrected chi connectivity index (χ3v) is 5.64. The Kier molecular flexibility index (Phi) is 2.58. The Bertz CT molecular complexity index is 446. The first-order valence-corrected chi connectivity index (χ1v) is 7.87. The Hall–Kier alpha value is -0.940. The standard InChI is InChI=1S/C15H23N3O2/c1-7(2)18-14(19)12-13(15(18)20)17(12)6-8(3)9-4-10-11(5-9)16-10/h7-13,16H,4-6H2,1-3H3. The second-order valence-electron chi connectivity index (χ2n) is 7.32. The summed E-state index contributed by atoms with van der Waals surface area (Å²) in [5, 5.41) is 3.47. The summed E-state index contributed by atoms with van der Waals surface area (Å²) in [5.74, 6) is 1.40. The predicted octanol–water partition coefficient (Wildman–Crippen LogP) is 0.203. The van der Waals surface area contributed by atoms with E-state index in [4.69, 9.17) is 0 Å². The van der Waals surface area contributed by atoms with Crippen molar-refractivity contribution in [2.75, 3.05) is 6.54 Å². The van der Waals surface area contributed by atoms with Gasteiger partial charge in [0.15, 0.2) is 0 Å². The Morgan fingerprint density at radius 1 is 1.10 bits per heavy atom. The van der Waals surface area contributed by atoms with Crippen molar-refractivity contribution in [2.24, 2.45) is 11.8 Å². The fourth-order valence-electron chi connectivity index (χ4n) is 4.34. The molecular formula is C15H23N3O2. The molecule has 2 amide bonds. The lowest BCUT2D eigenvalue weighted by Crippen LogP contribution is -2.43. The smallest absolute Gasteiger partial charge is 0.249 e. The molecule has 4 aliphatic rings. The molecule has 0 spiro atoms. The zero-order valence-electron chi connectivity index (χ0n) is 12.4. The molecule has 0 aromatic carbocycles. The molecule has 0 aromatic heterocycles. The van der Waals surface area contributed by atoms with E-state index in [0.29, 0.717) is 5.92 Å². The highest BCUT2D eigenvalue weighted by molar-refractivity contribution is 6.13. The lowest BCUT2D eigenvalue weighted by Gasteiger charge is -2.26. The number of hydrogen-bond acceptors (Lipinski definition) is 4. The minimum atomic E-state index is -0.138. The van der Waals surface area contributed by atoms with E-state index < -0.39 is 0 Å². The molecule has 0 radical (unpaired) electrons. The number of fused-ring (bicyclic) bond motifs is 2. The van der Waals surface area contributed by atoms with E-state index in [1.54, 1.807) is 0 Å². The first kappa shape index (κ1) is 12.8. The zero-order valence-corrected chi connectivity index (χ0v) is 12.4. The lowest BCUT2D eigenvalue weighted by molar-refractivity contribution is -0.144. The fourth-order valence-corrected chi connectivity index (χ4v) is 4.34. The molecular weight excluding hydrogens is 254 g/mol. The highest BCUT2D eigenvalue weighted by Crippen LogP contribution is 2.43. The van der Waals surface area contributed by atoms with Gasteiger partial charge in [-0.05, 0) is 38.5 Å². The van der Waals surface area contributed by atoms with E-state index in [9.17, 15) is 9.59 Å². The van der Waals surface area contributed by atoms with Crippen molar-refractivity contribution < 1.29 is 9.59 Å². The van der Waals surface area contributed by atoms with E-state index in [-0.39, 0.29) is 29.9 Å². The van der Waals surface area contributed by atoms with Crippen molar-refractivity contribution in [3.8, 4) is 0 Å². The van der Waals surface area contributed by atoms with Crippen LogP contribution in [-0.2, 0) is 9.59 Å². The van der Waals surface area contributed by atoms with E-state index in [0.717, 1.165) is 24.5 Å². The van der Waals surface area contributed by atoms with Crippen molar-refractivity contribution in [2.45, 2.75) is 63.8 Å². The molecule has 1 N–H and O–H groups in total. The first-order chi connectivity index (χ1) is 9.49.